The molecule has 0 aliphatic carbocycles. The van der Waals surface area contributed by atoms with E-state index in [1.54, 1.807) is 13.8 Å². The van der Waals surface area contributed by atoms with Gasteiger partial charge in [-0.25, -0.2) is 18.8 Å². The SMILES string of the molecule is COc1ccc(C(=O)O)cc1N(C(=O)n1nnn(-c2c(F)cccc2OC)c1=O)C(C)C. The van der Waals surface area contributed by atoms with Crippen molar-refractivity contribution in [2.24, 2.45) is 0 Å². The van der Waals surface area contributed by atoms with Crippen LogP contribution in [0.25, 0.3) is 5.69 Å². The highest BCUT2D eigenvalue weighted by atomic mass is 19.1. The average Bonchev–Trinajstić information content (AvgIpc) is 3.13. The first-order valence-corrected chi connectivity index (χ1v) is 9.34. The van der Waals surface area contributed by atoms with Crippen LogP contribution in [0.1, 0.15) is 24.2 Å². The lowest BCUT2D eigenvalue weighted by molar-refractivity contribution is 0.0696. The van der Waals surface area contributed by atoms with E-state index in [4.69, 9.17) is 9.47 Å². The number of carbonyl (C=O) groups excluding carboxylic acids is 1. The second kappa shape index (κ2) is 8.88. The lowest BCUT2D eigenvalue weighted by Crippen LogP contribution is -2.45. The molecular weight excluding hydrogens is 425 g/mol. The van der Waals surface area contributed by atoms with Crippen molar-refractivity contribution >= 4 is 17.7 Å². The molecule has 0 saturated carbocycles. The van der Waals surface area contributed by atoms with E-state index in [0.717, 1.165) is 11.0 Å². The predicted octanol–water partition coefficient (Wildman–Crippen LogP) is 2.17. The molecule has 32 heavy (non-hydrogen) atoms. The van der Waals surface area contributed by atoms with Crippen LogP contribution in [0.3, 0.4) is 0 Å². The summed E-state index contributed by atoms with van der Waals surface area (Å²) in [6.07, 6.45) is 0. The van der Waals surface area contributed by atoms with Crippen LogP contribution in [0.5, 0.6) is 11.5 Å². The van der Waals surface area contributed by atoms with E-state index in [2.05, 4.69) is 10.4 Å². The minimum absolute atomic E-state index is 0.0168. The number of aromatic carboxylic acids is 1. The van der Waals surface area contributed by atoms with Crippen molar-refractivity contribution in [3.05, 3.63) is 58.3 Å². The first-order chi connectivity index (χ1) is 15.2. The number of benzene rings is 2. The van der Waals surface area contributed by atoms with E-state index in [1.165, 1.54) is 44.6 Å². The minimum atomic E-state index is -1.21. The van der Waals surface area contributed by atoms with Gasteiger partial charge < -0.3 is 14.6 Å². The van der Waals surface area contributed by atoms with Crippen LogP contribution >= 0.6 is 0 Å². The summed E-state index contributed by atoms with van der Waals surface area (Å²) < 4.78 is 25.8. The molecule has 0 aliphatic heterocycles. The number of rotatable bonds is 6. The number of ether oxygens (including phenoxy) is 2. The lowest BCUT2D eigenvalue weighted by Gasteiger charge is -2.27. The van der Waals surface area contributed by atoms with Gasteiger partial charge >= 0.3 is 17.7 Å². The molecule has 0 radical (unpaired) electrons. The number of amides is 1. The number of hydrogen-bond acceptors (Lipinski definition) is 7. The highest BCUT2D eigenvalue weighted by Gasteiger charge is 2.29. The Morgan fingerprint density at radius 2 is 1.78 bits per heavy atom. The van der Waals surface area contributed by atoms with Gasteiger partial charge in [0.05, 0.1) is 25.5 Å². The predicted molar refractivity (Wildman–Crippen MR) is 110 cm³/mol. The first kappa shape index (κ1) is 22.5. The van der Waals surface area contributed by atoms with Crippen LogP contribution in [0, 0.1) is 5.82 Å². The molecule has 0 spiro atoms. The summed E-state index contributed by atoms with van der Waals surface area (Å²) in [5.74, 6) is -1.79. The van der Waals surface area contributed by atoms with Gasteiger partial charge in [0.1, 0.15) is 17.2 Å². The summed E-state index contributed by atoms with van der Waals surface area (Å²) >= 11 is 0. The Kier molecular flexibility index (Phi) is 6.23. The molecule has 0 saturated heterocycles. The fraction of sp³-hybridized carbons (Fsp3) is 0.250. The second-order valence-corrected chi connectivity index (χ2v) is 6.81. The van der Waals surface area contributed by atoms with Crippen LogP contribution in [-0.4, -0.2) is 57.2 Å². The van der Waals surface area contributed by atoms with Gasteiger partial charge in [0.15, 0.2) is 5.82 Å². The highest BCUT2D eigenvalue weighted by Crippen LogP contribution is 2.31. The Balaban J connectivity index is 2.14. The van der Waals surface area contributed by atoms with E-state index < -0.39 is 29.5 Å². The molecule has 3 aromatic rings. The number of hydrogen-bond donors (Lipinski definition) is 1. The van der Waals surface area contributed by atoms with Crippen LogP contribution < -0.4 is 20.1 Å². The summed E-state index contributed by atoms with van der Waals surface area (Å²) in [5.41, 5.74) is -1.33. The number of halogens is 1. The molecule has 3 rings (SSSR count). The van der Waals surface area contributed by atoms with Gasteiger partial charge in [0.25, 0.3) is 0 Å². The van der Waals surface area contributed by atoms with Crippen molar-refractivity contribution in [1.82, 2.24) is 19.8 Å². The maximum atomic E-state index is 14.4. The normalized spacial score (nSPS) is 10.8. The number of nitrogens with zero attached hydrogens (tertiary/aromatic N) is 5. The topological polar surface area (TPSA) is 129 Å². The van der Waals surface area contributed by atoms with Crippen LogP contribution in [0.2, 0.25) is 0 Å². The largest absolute Gasteiger partial charge is 0.495 e. The molecule has 1 amide bonds. The summed E-state index contributed by atoms with van der Waals surface area (Å²) in [4.78, 5) is 38.8. The van der Waals surface area contributed by atoms with Gasteiger partial charge in [-0.15, -0.1) is 4.68 Å². The summed E-state index contributed by atoms with van der Waals surface area (Å²) in [6, 6.07) is 6.40. The maximum absolute atomic E-state index is 14.4. The Morgan fingerprint density at radius 3 is 2.38 bits per heavy atom. The Bertz CT molecular complexity index is 1240. The Morgan fingerprint density at radius 1 is 1.09 bits per heavy atom. The fourth-order valence-corrected chi connectivity index (χ4v) is 3.09. The quantitative estimate of drug-likeness (QED) is 0.572. The zero-order valence-corrected chi connectivity index (χ0v) is 17.6. The zero-order chi connectivity index (χ0) is 23.6. The Hall–Kier alpha value is -4.22. The zero-order valence-electron chi connectivity index (χ0n) is 17.6. The van der Waals surface area contributed by atoms with Crippen molar-refractivity contribution < 1.29 is 28.6 Å². The molecule has 2 aromatic carbocycles. The molecule has 12 heteroatoms. The third-order valence-corrected chi connectivity index (χ3v) is 4.55. The van der Waals surface area contributed by atoms with Crippen LogP contribution in [0.15, 0.2) is 41.2 Å². The van der Waals surface area contributed by atoms with Crippen molar-refractivity contribution in [2.45, 2.75) is 19.9 Å². The number of carboxylic acids is 1. The first-order valence-electron chi connectivity index (χ1n) is 9.34. The van der Waals surface area contributed by atoms with E-state index in [1.807, 2.05) is 0 Å². The number of aromatic nitrogens is 4. The summed E-state index contributed by atoms with van der Waals surface area (Å²) in [7, 11) is 2.65. The fourth-order valence-electron chi connectivity index (χ4n) is 3.09. The molecule has 0 atom stereocenters. The van der Waals surface area contributed by atoms with Gasteiger partial charge in [-0.05, 0) is 54.6 Å². The van der Waals surface area contributed by atoms with E-state index in [9.17, 15) is 23.9 Å². The molecule has 0 fully saturated rings. The number of carbonyl (C=O) groups is 2. The third-order valence-electron chi connectivity index (χ3n) is 4.55. The Labute approximate surface area is 181 Å². The standard InChI is InChI=1S/C20H20FN5O6/c1-11(2)24(14-10-12(18(27)28)8-9-15(14)31-3)19(29)26-20(30)25(22-23-26)17-13(21)6-5-7-16(17)32-4/h5-11H,1-4H3,(H,27,28). The molecular formula is C20H20FN5O6. The molecule has 1 N–H and O–H groups in total. The summed E-state index contributed by atoms with van der Waals surface area (Å²) in [5, 5.41) is 16.5. The van der Waals surface area contributed by atoms with E-state index >= 15 is 0 Å². The maximum Gasteiger partial charge on any atom is 0.377 e. The van der Waals surface area contributed by atoms with Crippen molar-refractivity contribution in [2.75, 3.05) is 19.1 Å². The molecule has 11 nitrogen and oxygen atoms in total. The number of tetrazole rings is 1. The molecule has 1 aromatic heterocycles. The molecule has 0 unspecified atom stereocenters. The smallest absolute Gasteiger partial charge is 0.377 e. The highest BCUT2D eigenvalue weighted by molar-refractivity contribution is 5.97. The molecule has 168 valence electrons. The van der Waals surface area contributed by atoms with Gasteiger partial charge in [0.2, 0.25) is 0 Å². The molecule has 0 bridgehead atoms. The van der Waals surface area contributed by atoms with Crippen LogP contribution in [0.4, 0.5) is 14.9 Å². The second-order valence-electron chi connectivity index (χ2n) is 6.81. The summed E-state index contributed by atoms with van der Waals surface area (Å²) in [6.45, 7) is 3.31. The molecule has 0 aliphatic rings. The minimum Gasteiger partial charge on any atom is -0.495 e. The van der Waals surface area contributed by atoms with Gasteiger partial charge in [-0.2, -0.15) is 4.68 Å². The van der Waals surface area contributed by atoms with Crippen LogP contribution in [-0.2, 0) is 0 Å². The third kappa shape index (κ3) is 3.89. The van der Waals surface area contributed by atoms with Crippen molar-refractivity contribution in [3.8, 4) is 17.2 Å². The molecule has 1 heterocycles. The number of carboxylic acid groups (broad SMARTS) is 1. The van der Waals surface area contributed by atoms with E-state index in [0.29, 0.717) is 9.36 Å². The van der Waals surface area contributed by atoms with Crippen molar-refractivity contribution in [3.63, 3.8) is 0 Å². The van der Waals surface area contributed by atoms with Crippen molar-refractivity contribution in [1.29, 1.82) is 0 Å². The number of anilines is 1. The van der Waals surface area contributed by atoms with Gasteiger partial charge in [0, 0.05) is 6.04 Å². The average molecular weight is 445 g/mol. The lowest BCUT2D eigenvalue weighted by atomic mass is 10.1. The van der Waals surface area contributed by atoms with E-state index in [-0.39, 0.29) is 28.4 Å². The number of methoxy groups -OCH3 is 2. The monoisotopic (exact) mass is 445 g/mol. The van der Waals surface area contributed by atoms with Gasteiger partial charge in [-0.1, -0.05) is 6.07 Å². The number of para-hydroxylation sites is 1. The van der Waals surface area contributed by atoms with Gasteiger partial charge in [-0.3, -0.25) is 4.90 Å².